The molecule has 4 rings (SSSR count). The van der Waals surface area contributed by atoms with E-state index in [1.54, 1.807) is 18.3 Å². The molecular weight excluding hydrogens is 532 g/mol. The summed E-state index contributed by atoms with van der Waals surface area (Å²) in [7, 11) is 0. The van der Waals surface area contributed by atoms with Crippen molar-refractivity contribution in [3.63, 3.8) is 0 Å². The van der Waals surface area contributed by atoms with Gasteiger partial charge >= 0.3 is 13.2 Å². The van der Waals surface area contributed by atoms with E-state index in [-0.39, 0.29) is 11.3 Å². The van der Waals surface area contributed by atoms with Gasteiger partial charge < -0.3 is 9.47 Å². The third-order valence-corrected chi connectivity index (χ3v) is 6.46. The first-order valence-electron chi connectivity index (χ1n) is 10.8. The number of benzene rings is 3. The van der Waals surface area contributed by atoms with Crippen LogP contribution in [0.4, 0.5) is 17.6 Å². The minimum Gasteiger partial charge on any atom is -0.435 e. The summed E-state index contributed by atoms with van der Waals surface area (Å²) >= 11 is 7.14. The highest BCUT2D eigenvalue weighted by atomic mass is 35.5. The van der Waals surface area contributed by atoms with Crippen LogP contribution in [0.25, 0.3) is 16.9 Å². The molecule has 0 aliphatic carbocycles. The fraction of sp³-hybridized carbons (Fsp3) is 0.154. The smallest absolute Gasteiger partial charge is 0.387 e. The van der Waals surface area contributed by atoms with Gasteiger partial charge in [0.05, 0.1) is 28.9 Å². The van der Waals surface area contributed by atoms with Crippen molar-refractivity contribution in [2.45, 2.75) is 25.3 Å². The van der Waals surface area contributed by atoms with E-state index < -0.39 is 30.5 Å². The van der Waals surface area contributed by atoms with E-state index in [0.717, 1.165) is 52.5 Å². The number of alkyl halides is 4. The number of carbonyl (C=O) groups excluding carboxylic acids is 1. The lowest BCUT2D eigenvalue weighted by Crippen LogP contribution is -2.11. The first kappa shape index (κ1) is 26.6. The van der Waals surface area contributed by atoms with E-state index in [1.807, 2.05) is 47.9 Å². The molecule has 0 spiro atoms. The van der Waals surface area contributed by atoms with Crippen molar-refractivity contribution in [1.82, 2.24) is 9.55 Å². The quantitative estimate of drug-likeness (QED) is 0.115. The molecule has 0 atom stereocenters. The first-order valence-corrected chi connectivity index (χ1v) is 12.2. The number of nitrogens with zero attached hydrogens (tertiary/aromatic N) is 2. The summed E-state index contributed by atoms with van der Waals surface area (Å²) in [6.07, 6.45) is 1.67. The lowest BCUT2D eigenvalue weighted by atomic mass is 10.1. The Balaban J connectivity index is 1.65. The Hall–Kier alpha value is -3.50. The van der Waals surface area contributed by atoms with Crippen molar-refractivity contribution < 1.29 is 31.8 Å². The molecule has 37 heavy (non-hydrogen) atoms. The average Bonchev–Trinajstić information content (AvgIpc) is 3.26. The Morgan fingerprint density at radius 1 is 1.00 bits per heavy atom. The van der Waals surface area contributed by atoms with Gasteiger partial charge in [-0.05, 0) is 42.8 Å². The largest absolute Gasteiger partial charge is 0.435 e. The van der Waals surface area contributed by atoms with Crippen LogP contribution >= 0.6 is 23.4 Å². The molecular formula is C26H19ClF4N2O3S. The van der Waals surface area contributed by atoms with Crippen LogP contribution < -0.4 is 9.47 Å². The molecule has 0 N–H and O–H groups in total. The van der Waals surface area contributed by atoms with E-state index in [4.69, 9.17) is 11.6 Å². The van der Waals surface area contributed by atoms with Crippen molar-refractivity contribution in [2.24, 2.45) is 0 Å². The van der Waals surface area contributed by atoms with Crippen molar-refractivity contribution in [3.8, 4) is 28.4 Å². The number of rotatable bonds is 10. The fourth-order valence-electron chi connectivity index (χ4n) is 3.62. The molecule has 3 aromatic carbocycles. The van der Waals surface area contributed by atoms with Crippen LogP contribution in [0.5, 0.6) is 11.5 Å². The minimum absolute atomic E-state index is 0.183. The van der Waals surface area contributed by atoms with Gasteiger partial charge in [0.25, 0.3) is 0 Å². The fourth-order valence-corrected chi connectivity index (χ4v) is 4.61. The Morgan fingerprint density at radius 2 is 1.70 bits per heavy atom. The maximum absolute atomic E-state index is 13.0. The molecule has 1 aromatic heterocycles. The number of halogens is 5. The average molecular weight is 551 g/mol. The van der Waals surface area contributed by atoms with Crippen molar-refractivity contribution >= 4 is 29.1 Å². The van der Waals surface area contributed by atoms with Crippen LogP contribution in [0.15, 0.2) is 78.1 Å². The molecule has 192 valence electrons. The van der Waals surface area contributed by atoms with Gasteiger partial charge in [-0.3, -0.25) is 9.36 Å². The standard InChI is InChI=1S/C26H19ClF4N2O3S/c1-15-4-2-3-5-20(15)33-21(16-6-8-17(27)9-7-16)13-32-26(33)37-14-22(34)19-11-10-18(35-24(28)29)12-23(19)36-25(30)31/h2-13,24-25H,14H2,1H3. The molecule has 0 bridgehead atoms. The zero-order valence-corrected chi connectivity index (χ0v) is 20.8. The molecule has 1 heterocycles. The number of aryl methyl sites for hydroxylation is 1. The number of imidazole rings is 1. The summed E-state index contributed by atoms with van der Waals surface area (Å²) in [6, 6.07) is 17.9. The molecule has 0 saturated heterocycles. The highest BCUT2D eigenvalue weighted by molar-refractivity contribution is 7.99. The van der Waals surface area contributed by atoms with Gasteiger partial charge in [-0.15, -0.1) is 0 Å². The van der Waals surface area contributed by atoms with Gasteiger partial charge in [0.15, 0.2) is 10.9 Å². The summed E-state index contributed by atoms with van der Waals surface area (Å²) in [4.78, 5) is 17.5. The molecule has 0 unspecified atom stereocenters. The number of thioether (sulfide) groups is 1. The second-order valence-corrected chi connectivity index (χ2v) is 9.06. The van der Waals surface area contributed by atoms with E-state index in [0.29, 0.717) is 10.2 Å². The summed E-state index contributed by atoms with van der Waals surface area (Å²) in [5.41, 5.74) is 3.22. The SMILES string of the molecule is Cc1ccccc1-n1c(-c2ccc(Cl)cc2)cnc1SCC(=O)c1ccc(OC(F)F)cc1OC(F)F. The van der Waals surface area contributed by atoms with Crippen LogP contribution in [0.2, 0.25) is 5.02 Å². The van der Waals surface area contributed by atoms with E-state index in [9.17, 15) is 22.4 Å². The second-order valence-electron chi connectivity index (χ2n) is 7.68. The summed E-state index contributed by atoms with van der Waals surface area (Å²) in [6.45, 7) is -4.48. The summed E-state index contributed by atoms with van der Waals surface area (Å²) in [5.74, 6) is -1.70. The monoisotopic (exact) mass is 550 g/mol. The number of aromatic nitrogens is 2. The molecule has 11 heteroatoms. The maximum Gasteiger partial charge on any atom is 0.387 e. The van der Waals surface area contributed by atoms with Gasteiger partial charge in [-0.2, -0.15) is 17.6 Å². The van der Waals surface area contributed by atoms with E-state index in [2.05, 4.69) is 14.5 Å². The van der Waals surface area contributed by atoms with Crippen molar-refractivity contribution in [3.05, 3.63) is 89.1 Å². The molecule has 0 fully saturated rings. The third-order valence-electron chi connectivity index (χ3n) is 5.25. The van der Waals surface area contributed by atoms with Gasteiger partial charge in [-0.25, -0.2) is 4.98 Å². The number of carbonyl (C=O) groups is 1. The molecule has 4 aromatic rings. The van der Waals surface area contributed by atoms with Crippen LogP contribution in [-0.4, -0.2) is 34.3 Å². The third kappa shape index (κ3) is 6.44. The summed E-state index contributed by atoms with van der Waals surface area (Å²) < 4.78 is 61.5. The lowest BCUT2D eigenvalue weighted by molar-refractivity contribution is -0.0544. The Labute approximate surface area is 219 Å². The van der Waals surface area contributed by atoms with E-state index >= 15 is 0 Å². The van der Waals surface area contributed by atoms with Crippen LogP contribution in [0.3, 0.4) is 0 Å². The van der Waals surface area contributed by atoms with Crippen LogP contribution in [0, 0.1) is 6.92 Å². The second kappa shape index (κ2) is 11.7. The van der Waals surface area contributed by atoms with Gasteiger partial charge in [-0.1, -0.05) is 53.7 Å². The van der Waals surface area contributed by atoms with E-state index in [1.165, 1.54) is 0 Å². The normalized spacial score (nSPS) is 11.2. The number of para-hydroxylation sites is 1. The Kier molecular flexibility index (Phi) is 8.40. The zero-order chi connectivity index (χ0) is 26.5. The van der Waals surface area contributed by atoms with Gasteiger partial charge in [0.1, 0.15) is 11.5 Å². The maximum atomic E-state index is 13.0. The zero-order valence-electron chi connectivity index (χ0n) is 19.2. The Morgan fingerprint density at radius 3 is 2.38 bits per heavy atom. The highest BCUT2D eigenvalue weighted by Gasteiger charge is 2.21. The number of hydrogen-bond acceptors (Lipinski definition) is 5. The topological polar surface area (TPSA) is 53.4 Å². The molecule has 0 aliphatic rings. The molecule has 0 aliphatic heterocycles. The number of ether oxygens (including phenoxy) is 2. The van der Waals surface area contributed by atoms with Crippen LogP contribution in [-0.2, 0) is 0 Å². The van der Waals surface area contributed by atoms with Gasteiger partial charge in [0.2, 0.25) is 0 Å². The van der Waals surface area contributed by atoms with Crippen molar-refractivity contribution in [2.75, 3.05) is 5.75 Å². The Bertz CT molecular complexity index is 1400. The first-order chi connectivity index (χ1) is 17.7. The number of ketones is 1. The van der Waals surface area contributed by atoms with Crippen molar-refractivity contribution in [1.29, 1.82) is 0 Å². The van der Waals surface area contributed by atoms with Gasteiger partial charge in [0, 0.05) is 16.7 Å². The predicted molar refractivity (Wildman–Crippen MR) is 134 cm³/mol. The lowest BCUT2D eigenvalue weighted by Gasteiger charge is -2.15. The molecule has 0 saturated carbocycles. The molecule has 5 nitrogen and oxygen atoms in total. The molecule has 0 amide bonds. The number of Topliss-reactive ketones (excluding diaryl/α,β-unsaturated/α-hetero) is 1. The predicted octanol–water partition coefficient (Wildman–Crippen LogP) is 7.68. The molecule has 0 radical (unpaired) electrons. The van der Waals surface area contributed by atoms with Crippen LogP contribution in [0.1, 0.15) is 15.9 Å². The minimum atomic E-state index is -3.26. The number of hydrogen-bond donors (Lipinski definition) is 0. The summed E-state index contributed by atoms with van der Waals surface area (Å²) in [5, 5.41) is 1.07. The highest BCUT2D eigenvalue weighted by Crippen LogP contribution is 2.33.